The molecule has 2 amide bonds. The highest BCUT2D eigenvalue weighted by atomic mass is 16.4. The van der Waals surface area contributed by atoms with Gasteiger partial charge in [-0.05, 0) is 20.3 Å². The van der Waals surface area contributed by atoms with Crippen LogP contribution in [0.3, 0.4) is 0 Å². The van der Waals surface area contributed by atoms with Crippen molar-refractivity contribution >= 4 is 17.8 Å². The van der Waals surface area contributed by atoms with E-state index in [0.717, 1.165) is 0 Å². The van der Waals surface area contributed by atoms with Crippen LogP contribution >= 0.6 is 0 Å². The maximum absolute atomic E-state index is 11.7. The molecule has 0 heterocycles. The van der Waals surface area contributed by atoms with Gasteiger partial charge in [-0.1, -0.05) is 20.8 Å². The summed E-state index contributed by atoms with van der Waals surface area (Å²) in [5.41, 5.74) is 3.93. The molecule has 0 aliphatic rings. The molecular formula is C13H24N2O4. The first kappa shape index (κ1) is 17.4. The Labute approximate surface area is 113 Å². The third-order valence-electron chi connectivity index (χ3n) is 2.94. The molecule has 6 heteroatoms. The van der Waals surface area contributed by atoms with Gasteiger partial charge in [0.05, 0.1) is 5.92 Å². The number of hydrogen-bond acceptors (Lipinski definition) is 3. The lowest BCUT2D eigenvalue weighted by Gasteiger charge is -2.33. The van der Waals surface area contributed by atoms with Crippen LogP contribution in [0, 0.1) is 11.3 Å². The van der Waals surface area contributed by atoms with E-state index in [1.165, 1.54) is 6.92 Å². The fraction of sp³-hybridized carbons (Fsp3) is 0.769. The highest BCUT2D eigenvalue weighted by Gasteiger charge is 2.34. The SMILES string of the molecule is CC(CC(=O)NC(C)(C)CC(C)(C)C(N)=O)C(=O)O. The van der Waals surface area contributed by atoms with Crippen LogP contribution in [0.1, 0.15) is 47.5 Å². The van der Waals surface area contributed by atoms with E-state index in [4.69, 9.17) is 10.8 Å². The lowest BCUT2D eigenvalue weighted by molar-refractivity contribution is -0.143. The fourth-order valence-electron chi connectivity index (χ4n) is 2.03. The average Bonchev–Trinajstić information content (AvgIpc) is 2.13. The summed E-state index contributed by atoms with van der Waals surface area (Å²) in [6, 6.07) is 0. The summed E-state index contributed by atoms with van der Waals surface area (Å²) in [7, 11) is 0. The van der Waals surface area contributed by atoms with Gasteiger partial charge in [-0.25, -0.2) is 0 Å². The smallest absolute Gasteiger partial charge is 0.306 e. The molecule has 0 saturated carbocycles. The second-order valence-electron chi connectivity index (χ2n) is 6.30. The van der Waals surface area contributed by atoms with Crippen molar-refractivity contribution in [1.29, 1.82) is 0 Å². The number of carboxylic acid groups (broad SMARTS) is 1. The molecule has 1 unspecified atom stereocenters. The predicted molar refractivity (Wildman–Crippen MR) is 71.2 cm³/mol. The van der Waals surface area contributed by atoms with Gasteiger partial charge in [0, 0.05) is 17.4 Å². The average molecular weight is 272 g/mol. The number of nitrogens with one attached hydrogen (secondary N) is 1. The van der Waals surface area contributed by atoms with Crippen molar-refractivity contribution in [2.45, 2.75) is 53.0 Å². The zero-order chi connectivity index (χ0) is 15.4. The summed E-state index contributed by atoms with van der Waals surface area (Å²) in [5.74, 6) is -2.53. The number of primary amides is 1. The number of hydrogen-bond donors (Lipinski definition) is 3. The van der Waals surface area contributed by atoms with Crippen LogP contribution in [-0.2, 0) is 14.4 Å². The predicted octanol–water partition coefficient (Wildman–Crippen LogP) is 0.894. The lowest BCUT2D eigenvalue weighted by Crippen LogP contribution is -2.49. The van der Waals surface area contributed by atoms with Crippen LogP contribution in [0.5, 0.6) is 0 Å². The fourth-order valence-corrected chi connectivity index (χ4v) is 2.03. The van der Waals surface area contributed by atoms with Gasteiger partial charge < -0.3 is 16.2 Å². The molecule has 0 aromatic carbocycles. The Morgan fingerprint density at radius 1 is 1.21 bits per heavy atom. The number of carboxylic acids is 1. The highest BCUT2D eigenvalue weighted by molar-refractivity contribution is 5.83. The molecule has 0 aliphatic carbocycles. The lowest BCUT2D eigenvalue weighted by atomic mass is 9.79. The number of amides is 2. The summed E-state index contributed by atoms with van der Waals surface area (Å²) < 4.78 is 0. The van der Waals surface area contributed by atoms with Crippen molar-refractivity contribution in [3.63, 3.8) is 0 Å². The van der Waals surface area contributed by atoms with Gasteiger partial charge in [0.15, 0.2) is 0 Å². The minimum Gasteiger partial charge on any atom is -0.481 e. The van der Waals surface area contributed by atoms with E-state index < -0.39 is 28.7 Å². The Balaban J connectivity index is 4.57. The van der Waals surface area contributed by atoms with Crippen molar-refractivity contribution in [3.05, 3.63) is 0 Å². The van der Waals surface area contributed by atoms with Crippen molar-refractivity contribution in [1.82, 2.24) is 5.32 Å². The van der Waals surface area contributed by atoms with Crippen LogP contribution in [0.25, 0.3) is 0 Å². The van der Waals surface area contributed by atoms with Crippen LogP contribution < -0.4 is 11.1 Å². The number of aliphatic carboxylic acids is 1. The first-order valence-corrected chi connectivity index (χ1v) is 6.21. The molecule has 0 bridgehead atoms. The van der Waals surface area contributed by atoms with Crippen molar-refractivity contribution < 1.29 is 19.5 Å². The van der Waals surface area contributed by atoms with E-state index in [1.54, 1.807) is 27.7 Å². The molecule has 6 nitrogen and oxygen atoms in total. The molecule has 19 heavy (non-hydrogen) atoms. The zero-order valence-corrected chi connectivity index (χ0v) is 12.2. The Bertz CT molecular complexity index is 375. The number of nitrogens with two attached hydrogens (primary N) is 1. The molecule has 0 saturated heterocycles. The van der Waals surface area contributed by atoms with Crippen molar-refractivity contribution in [2.75, 3.05) is 0 Å². The minimum absolute atomic E-state index is 0.0875. The van der Waals surface area contributed by atoms with Crippen molar-refractivity contribution in [3.8, 4) is 0 Å². The third kappa shape index (κ3) is 6.22. The molecule has 1 atom stereocenters. The molecule has 4 N–H and O–H groups in total. The van der Waals surface area contributed by atoms with E-state index in [-0.39, 0.29) is 12.3 Å². The standard InChI is InChI=1S/C13H24N2O4/c1-8(10(17)18)6-9(16)15-13(4,5)7-12(2,3)11(14)19/h8H,6-7H2,1-5H3,(H2,14,19)(H,15,16)(H,17,18). The first-order valence-electron chi connectivity index (χ1n) is 6.21. The molecule has 0 fully saturated rings. The summed E-state index contributed by atoms with van der Waals surface area (Å²) in [6.07, 6.45) is 0.290. The van der Waals surface area contributed by atoms with Crippen molar-refractivity contribution in [2.24, 2.45) is 17.1 Å². The quantitative estimate of drug-likeness (QED) is 0.639. The zero-order valence-electron chi connectivity index (χ0n) is 12.2. The van der Waals surface area contributed by atoms with Gasteiger partial charge in [0.2, 0.25) is 11.8 Å². The first-order chi connectivity index (χ1) is 8.37. The number of carbonyl (C=O) groups excluding carboxylic acids is 2. The molecule has 0 aromatic rings. The summed E-state index contributed by atoms with van der Waals surface area (Å²) in [5, 5.41) is 11.5. The molecule has 0 spiro atoms. The van der Waals surface area contributed by atoms with E-state index in [0.29, 0.717) is 6.42 Å². The molecule has 110 valence electrons. The van der Waals surface area contributed by atoms with Crippen LogP contribution in [0.2, 0.25) is 0 Å². The topological polar surface area (TPSA) is 109 Å². The van der Waals surface area contributed by atoms with Gasteiger partial charge in [0.25, 0.3) is 0 Å². The summed E-state index contributed by atoms with van der Waals surface area (Å²) in [6.45, 7) is 8.45. The summed E-state index contributed by atoms with van der Waals surface area (Å²) >= 11 is 0. The van der Waals surface area contributed by atoms with Gasteiger partial charge in [-0.3, -0.25) is 14.4 Å². The van der Waals surface area contributed by atoms with Gasteiger partial charge in [-0.2, -0.15) is 0 Å². The van der Waals surface area contributed by atoms with E-state index >= 15 is 0 Å². The van der Waals surface area contributed by atoms with Gasteiger partial charge >= 0.3 is 5.97 Å². The normalized spacial score (nSPS) is 13.7. The highest BCUT2D eigenvalue weighted by Crippen LogP contribution is 2.27. The molecule has 0 aliphatic heterocycles. The van der Waals surface area contributed by atoms with Crippen LogP contribution in [0.15, 0.2) is 0 Å². The Morgan fingerprint density at radius 3 is 2.05 bits per heavy atom. The van der Waals surface area contributed by atoms with Crippen LogP contribution in [-0.4, -0.2) is 28.4 Å². The maximum Gasteiger partial charge on any atom is 0.306 e. The van der Waals surface area contributed by atoms with Crippen LogP contribution in [0.4, 0.5) is 0 Å². The summed E-state index contributed by atoms with van der Waals surface area (Å²) in [4.78, 5) is 33.7. The number of carbonyl (C=O) groups is 3. The second kappa shape index (κ2) is 6.04. The van der Waals surface area contributed by atoms with E-state index in [9.17, 15) is 14.4 Å². The monoisotopic (exact) mass is 272 g/mol. The largest absolute Gasteiger partial charge is 0.481 e. The Kier molecular flexibility index (Phi) is 5.53. The van der Waals surface area contributed by atoms with Gasteiger partial charge in [0.1, 0.15) is 0 Å². The minimum atomic E-state index is -1.01. The van der Waals surface area contributed by atoms with E-state index in [1.807, 2.05) is 0 Å². The third-order valence-corrected chi connectivity index (χ3v) is 2.94. The van der Waals surface area contributed by atoms with Gasteiger partial charge in [-0.15, -0.1) is 0 Å². The second-order valence-corrected chi connectivity index (χ2v) is 6.30. The Hall–Kier alpha value is -1.59. The molecular weight excluding hydrogens is 248 g/mol. The molecule has 0 aromatic heterocycles. The molecule has 0 radical (unpaired) electrons. The molecule has 0 rings (SSSR count). The number of rotatable bonds is 7. The maximum atomic E-state index is 11.7. The van der Waals surface area contributed by atoms with E-state index in [2.05, 4.69) is 5.32 Å². The Morgan fingerprint density at radius 2 is 1.68 bits per heavy atom.